The standard InChI is InChI=1S/C25H24N4O5/c1-15(24(31)32)29(2)23(30)16-11-26-22(27-12-16)13-28-25(33)34-14-21-19-9-5-3-7-17(19)18-8-4-6-10-20(18)21/h3-12,15,21H,13-14H2,1-2H3,(H,28,33)(H,31,32). The number of fused-ring (bicyclic) bond motifs is 3. The number of aromatic nitrogens is 2. The van der Waals surface area contributed by atoms with Crippen molar-refractivity contribution in [2.45, 2.75) is 25.4 Å². The average Bonchev–Trinajstić information content (AvgIpc) is 3.18. The number of carboxylic acids is 1. The van der Waals surface area contributed by atoms with Crippen LogP contribution in [-0.2, 0) is 16.1 Å². The van der Waals surface area contributed by atoms with E-state index in [1.165, 1.54) is 26.4 Å². The summed E-state index contributed by atoms with van der Waals surface area (Å²) in [6, 6.07) is 15.2. The van der Waals surface area contributed by atoms with Crippen molar-refractivity contribution in [1.82, 2.24) is 20.2 Å². The first kappa shape index (κ1) is 22.9. The van der Waals surface area contributed by atoms with E-state index in [9.17, 15) is 14.4 Å². The molecule has 4 rings (SSSR count). The number of carbonyl (C=O) groups excluding carboxylic acids is 2. The molecule has 2 aromatic carbocycles. The topological polar surface area (TPSA) is 122 Å². The van der Waals surface area contributed by atoms with Gasteiger partial charge in [0.05, 0.1) is 12.1 Å². The minimum atomic E-state index is -1.11. The second-order valence-electron chi connectivity index (χ2n) is 8.00. The lowest BCUT2D eigenvalue weighted by atomic mass is 9.98. The molecule has 0 saturated heterocycles. The normalized spacial score (nSPS) is 12.9. The molecule has 3 aromatic rings. The summed E-state index contributed by atoms with van der Waals surface area (Å²) in [6.45, 7) is 1.63. The molecule has 1 atom stereocenters. The molecule has 1 aliphatic carbocycles. The summed E-state index contributed by atoms with van der Waals surface area (Å²) in [6.07, 6.45) is 2.00. The molecule has 1 aliphatic rings. The monoisotopic (exact) mass is 460 g/mol. The quantitative estimate of drug-likeness (QED) is 0.556. The molecule has 9 nitrogen and oxygen atoms in total. The molecule has 34 heavy (non-hydrogen) atoms. The molecular weight excluding hydrogens is 436 g/mol. The van der Waals surface area contributed by atoms with Crippen molar-refractivity contribution < 1.29 is 24.2 Å². The number of aliphatic carboxylic acids is 1. The zero-order valence-corrected chi connectivity index (χ0v) is 18.8. The number of benzene rings is 2. The Morgan fingerprint density at radius 2 is 1.59 bits per heavy atom. The molecule has 1 unspecified atom stereocenters. The van der Waals surface area contributed by atoms with Crippen molar-refractivity contribution in [3.8, 4) is 11.1 Å². The van der Waals surface area contributed by atoms with E-state index in [1.807, 2.05) is 36.4 Å². The number of ether oxygens (including phenoxy) is 1. The van der Waals surface area contributed by atoms with Crippen LogP contribution < -0.4 is 5.32 Å². The van der Waals surface area contributed by atoms with Gasteiger partial charge in [0.1, 0.15) is 18.5 Å². The van der Waals surface area contributed by atoms with Gasteiger partial charge in [0.25, 0.3) is 5.91 Å². The number of amides is 2. The summed E-state index contributed by atoms with van der Waals surface area (Å²) in [5.74, 6) is -1.37. The number of carbonyl (C=O) groups is 3. The minimum Gasteiger partial charge on any atom is -0.480 e. The lowest BCUT2D eigenvalue weighted by Crippen LogP contribution is -2.40. The van der Waals surface area contributed by atoms with Crippen LogP contribution in [0.15, 0.2) is 60.9 Å². The Balaban J connectivity index is 1.32. The van der Waals surface area contributed by atoms with Crippen LogP contribution in [-0.4, -0.2) is 57.6 Å². The van der Waals surface area contributed by atoms with Gasteiger partial charge in [-0.3, -0.25) is 4.79 Å². The van der Waals surface area contributed by atoms with Gasteiger partial charge in [-0.05, 0) is 29.2 Å². The lowest BCUT2D eigenvalue weighted by Gasteiger charge is -2.21. The molecule has 2 amide bonds. The van der Waals surface area contributed by atoms with E-state index in [-0.39, 0.29) is 24.6 Å². The fourth-order valence-electron chi connectivity index (χ4n) is 3.90. The van der Waals surface area contributed by atoms with E-state index in [0.717, 1.165) is 27.2 Å². The van der Waals surface area contributed by atoms with Crippen LogP contribution in [0, 0.1) is 0 Å². The van der Waals surface area contributed by atoms with E-state index in [2.05, 4.69) is 27.4 Å². The lowest BCUT2D eigenvalue weighted by molar-refractivity contribution is -0.141. The SMILES string of the molecule is CC(C(=O)O)N(C)C(=O)c1cnc(CNC(=O)OCC2c3ccccc3-c3ccccc32)nc1. The maximum Gasteiger partial charge on any atom is 0.407 e. The highest BCUT2D eigenvalue weighted by molar-refractivity contribution is 5.95. The zero-order valence-electron chi connectivity index (χ0n) is 18.8. The molecule has 0 aliphatic heterocycles. The Morgan fingerprint density at radius 3 is 2.15 bits per heavy atom. The smallest absolute Gasteiger partial charge is 0.407 e. The van der Waals surface area contributed by atoms with Crippen molar-refractivity contribution in [3.05, 3.63) is 83.4 Å². The van der Waals surface area contributed by atoms with Crippen LogP contribution in [0.4, 0.5) is 4.79 Å². The molecule has 0 bridgehead atoms. The third-order valence-corrected chi connectivity index (χ3v) is 5.95. The third kappa shape index (κ3) is 4.59. The summed E-state index contributed by atoms with van der Waals surface area (Å²) in [4.78, 5) is 45.0. The number of hydrogen-bond donors (Lipinski definition) is 2. The highest BCUT2D eigenvalue weighted by atomic mass is 16.5. The molecular formula is C25H24N4O5. The van der Waals surface area contributed by atoms with Crippen LogP contribution in [0.25, 0.3) is 11.1 Å². The minimum absolute atomic E-state index is 0.0203. The Morgan fingerprint density at radius 1 is 1.03 bits per heavy atom. The second kappa shape index (κ2) is 9.70. The number of nitrogens with one attached hydrogen (secondary N) is 1. The Bertz CT molecular complexity index is 1180. The second-order valence-corrected chi connectivity index (χ2v) is 8.00. The fourth-order valence-corrected chi connectivity index (χ4v) is 3.90. The van der Waals surface area contributed by atoms with Crippen molar-refractivity contribution in [2.24, 2.45) is 0 Å². The van der Waals surface area contributed by atoms with Gasteiger partial charge in [-0.25, -0.2) is 19.6 Å². The van der Waals surface area contributed by atoms with Gasteiger partial charge >= 0.3 is 12.1 Å². The number of likely N-dealkylation sites (N-methyl/N-ethyl adjacent to an activating group) is 1. The van der Waals surface area contributed by atoms with Crippen LogP contribution in [0.5, 0.6) is 0 Å². The maximum atomic E-state index is 12.3. The highest BCUT2D eigenvalue weighted by Gasteiger charge is 2.29. The number of hydrogen-bond acceptors (Lipinski definition) is 6. The van der Waals surface area contributed by atoms with Crippen molar-refractivity contribution >= 4 is 18.0 Å². The van der Waals surface area contributed by atoms with Gasteiger partial charge in [0.2, 0.25) is 0 Å². The third-order valence-electron chi connectivity index (χ3n) is 5.95. The summed E-state index contributed by atoms with van der Waals surface area (Å²) in [5.41, 5.74) is 4.71. The van der Waals surface area contributed by atoms with Crippen molar-refractivity contribution in [2.75, 3.05) is 13.7 Å². The van der Waals surface area contributed by atoms with E-state index < -0.39 is 24.0 Å². The molecule has 0 fully saturated rings. The predicted octanol–water partition coefficient (Wildman–Crippen LogP) is 3.06. The largest absolute Gasteiger partial charge is 0.480 e. The molecule has 1 heterocycles. The van der Waals surface area contributed by atoms with Crippen molar-refractivity contribution in [1.29, 1.82) is 0 Å². The van der Waals surface area contributed by atoms with Gasteiger partial charge < -0.3 is 20.1 Å². The van der Waals surface area contributed by atoms with Gasteiger partial charge in [-0.2, -0.15) is 0 Å². The van der Waals surface area contributed by atoms with E-state index >= 15 is 0 Å². The molecule has 0 saturated carbocycles. The maximum absolute atomic E-state index is 12.3. The Hall–Kier alpha value is -4.27. The highest BCUT2D eigenvalue weighted by Crippen LogP contribution is 2.44. The summed E-state index contributed by atoms with van der Waals surface area (Å²) >= 11 is 0. The molecule has 0 radical (unpaired) electrons. The summed E-state index contributed by atoms with van der Waals surface area (Å²) < 4.78 is 5.48. The van der Waals surface area contributed by atoms with E-state index in [4.69, 9.17) is 9.84 Å². The molecule has 0 spiro atoms. The molecule has 1 aromatic heterocycles. The molecule has 174 valence electrons. The van der Waals surface area contributed by atoms with Crippen molar-refractivity contribution in [3.63, 3.8) is 0 Å². The van der Waals surface area contributed by atoms with Gasteiger partial charge in [0, 0.05) is 25.4 Å². The summed E-state index contributed by atoms with van der Waals surface area (Å²) in [5, 5.41) is 11.7. The first-order chi connectivity index (χ1) is 16.4. The van der Waals surface area contributed by atoms with Gasteiger partial charge in [0.15, 0.2) is 0 Å². The van der Waals surface area contributed by atoms with Crippen LogP contribution in [0.1, 0.15) is 40.2 Å². The van der Waals surface area contributed by atoms with Crippen LogP contribution >= 0.6 is 0 Å². The molecule has 2 N–H and O–H groups in total. The Labute approximate surface area is 196 Å². The van der Waals surface area contributed by atoms with E-state index in [0.29, 0.717) is 5.82 Å². The first-order valence-corrected chi connectivity index (χ1v) is 10.8. The number of rotatable bonds is 7. The number of carboxylic acid groups (broad SMARTS) is 1. The zero-order chi connectivity index (χ0) is 24.2. The number of nitrogens with zero attached hydrogens (tertiary/aromatic N) is 3. The first-order valence-electron chi connectivity index (χ1n) is 10.8. The molecule has 9 heteroatoms. The van der Waals surface area contributed by atoms with Crippen LogP contribution in [0.2, 0.25) is 0 Å². The number of alkyl carbamates (subject to hydrolysis) is 1. The van der Waals surface area contributed by atoms with Gasteiger partial charge in [-0.15, -0.1) is 0 Å². The summed E-state index contributed by atoms with van der Waals surface area (Å²) in [7, 11) is 1.40. The predicted molar refractivity (Wildman–Crippen MR) is 123 cm³/mol. The van der Waals surface area contributed by atoms with Gasteiger partial charge in [-0.1, -0.05) is 48.5 Å². The fraction of sp³-hybridized carbons (Fsp3) is 0.240. The average molecular weight is 460 g/mol. The van der Waals surface area contributed by atoms with E-state index in [1.54, 1.807) is 0 Å². The van der Waals surface area contributed by atoms with Crippen LogP contribution in [0.3, 0.4) is 0 Å². The Kier molecular flexibility index (Phi) is 6.53.